The van der Waals surface area contributed by atoms with Gasteiger partial charge in [0.25, 0.3) is 0 Å². The molecule has 0 aromatic heterocycles. The van der Waals surface area contributed by atoms with Gasteiger partial charge in [0.2, 0.25) is 0 Å². The quantitative estimate of drug-likeness (QED) is 0.432. The van der Waals surface area contributed by atoms with Crippen LogP contribution in [0, 0.1) is 0 Å². The average Bonchev–Trinajstić information content (AvgIpc) is 1.50. The van der Waals surface area contributed by atoms with Crippen molar-refractivity contribution in [3.05, 3.63) is 0 Å². The van der Waals surface area contributed by atoms with Crippen LogP contribution in [0.2, 0.25) is 0 Å². The number of rotatable bonds is 0. The van der Waals surface area contributed by atoms with E-state index < -0.39 is 0 Å². The molecule has 0 rings (SSSR count). The van der Waals surface area contributed by atoms with Crippen molar-refractivity contribution in [2.75, 3.05) is 0 Å². The zero-order valence-corrected chi connectivity index (χ0v) is 4.83. The van der Waals surface area contributed by atoms with Crippen molar-refractivity contribution in [3.63, 3.8) is 0 Å². The molecule has 0 aliphatic heterocycles. The van der Waals surface area contributed by atoms with E-state index in [0.29, 0.717) is 0 Å². The van der Waals surface area contributed by atoms with Gasteiger partial charge in [0.05, 0.1) is 0 Å². The Hall–Kier alpha value is 1.70. The summed E-state index contributed by atoms with van der Waals surface area (Å²) in [4.78, 5) is 0. The molecule has 0 fully saturated rings. The van der Waals surface area contributed by atoms with Crippen LogP contribution in [0.1, 0.15) is 0 Å². The first-order valence-corrected chi connectivity index (χ1v) is 2.90. The van der Waals surface area contributed by atoms with Gasteiger partial charge in [-0.1, -0.05) is 0 Å². The average molecular weight is 133 g/mol. The molecule has 0 saturated carbocycles. The van der Waals surface area contributed by atoms with Gasteiger partial charge in [-0.15, -0.1) is 0 Å². The SMILES string of the molecule is [Cl][Mn].[Li][Cl]. The van der Waals surface area contributed by atoms with Crippen molar-refractivity contribution in [1.82, 2.24) is 0 Å². The summed E-state index contributed by atoms with van der Waals surface area (Å²) in [6.45, 7) is 0. The molecule has 0 bridgehead atoms. The second-order valence-electron chi connectivity index (χ2n) is 0. The van der Waals surface area contributed by atoms with Crippen LogP contribution in [0.4, 0.5) is 0 Å². The van der Waals surface area contributed by atoms with E-state index in [4.69, 9.17) is 0 Å². The topological polar surface area (TPSA) is 0 Å². The zero-order valence-electron chi connectivity index (χ0n) is 2.13. The molecular weight excluding hydrogens is 133 g/mol. The first-order chi connectivity index (χ1) is 2.00. The zero-order chi connectivity index (χ0) is 4.00. The summed E-state index contributed by atoms with van der Waals surface area (Å²) in [5, 5.41) is 0. The van der Waals surface area contributed by atoms with E-state index in [1.807, 2.05) is 0 Å². The summed E-state index contributed by atoms with van der Waals surface area (Å²) in [7, 11) is 9.09. The van der Waals surface area contributed by atoms with Gasteiger partial charge >= 0.3 is 51.7 Å². The third-order valence-electron chi connectivity index (χ3n) is 0. The monoisotopic (exact) mass is 132 g/mol. The normalized spacial score (nSPS) is 3.25. The van der Waals surface area contributed by atoms with Gasteiger partial charge in [0, 0.05) is 0 Å². The van der Waals surface area contributed by atoms with Crippen molar-refractivity contribution in [2.45, 2.75) is 0 Å². The van der Waals surface area contributed by atoms with Crippen molar-refractivity contribution in [2.24, 2.45) is 0 Å². The van der Waals surface area contributed by atoms with Gasteiger partial charge in [0.15, 0.2) is 0 Å². The Kier molecular flexibility index (Phi) is 51.3. The van der Waals surface area contributed by atoms with Gasteiger partial charge in [-0.05, 0) is 0 Å². The molecule has 22 valence electrons. The van der Waals surface area contributed by atoms with E-state index in [2.05, 4.69) is 35.0 Å². The first kappa shape index (κ1) is 9.20. The second-order valence-corrected chi connectivity index (χ2v) is 0. The number of hydrogen-bond donors (Lipinski definition) is 0. The maximum absolute atomic E-state index is 4.64. The molecule has 4 heteroatoms. The summed E-state index contributed by atoms with van der Waals surface area (Å²) in [6.07, 6.45) is 0. The van der Waals surface area contributed by atoms with E-state index in [-0.39, 0.29) is 0 Å². The van der Waals surface area contributed by atoms with Crippen molar-refractivity contribution >= 4 is 36.6 Å². The molecule has 0 aromatic rings. The number of halogens is 2. The summed E-state index contributed by atoms with van der Waals surface area (Å²) >= 11 is 3.88. The molecule has 0 unspecified atom stereocenters. The number of hydrogen-bond acceptors (Lipinski definition) is 0. The molecule has 0 saturated heterocycles. The van der Waals surface area contributed by atoms with E-state index in [0.717, 1.165) is 0 Å². The molecule has 0 N–H and O–H groups in total. The summed E-state index contributed by atoms with van der Waals surface area (Å²) < 4.78 is 0. The summed E-state index contributed by atoms with van der Waals surface area (Å²) in [5.74, 6) is 0. The molecule has 0 aliphatic carbocycles. The fourth-order valence-electron chi connectivity index (χ4n) is 0. The van der Waals surface area contributed by atoms with Crippen LogP contribution in [0.15, 0.2) is 0 Å². The Morgan fingerprint density at radius 1 is 1.25 bits per heavy atom. The molecular formula is Cl2LiMn. The Bertz CT molecular complexity index is 6.00. The van der Waals surface area contributed by atoms with Crippen LogP contribution in [-0.4, -0.2) is 16.7 Å². The van der Waals surface area contributed by atoms with Crippen LogP contribution < -0.4 is 0 Å². The van der Waals surface area contributed by atoms with Crippen LogP contribution in [0.3, 0.4) is 0 Å². The molecule has 0 aliphatic rings. The molecule has 0 aromatic carbocycles. The second kappa shape index (κ2) is 22.3. The minimum atomic E-state index is 1.47. The third kappa shape index (κ3) is 9.34. The Labute approximate surface area is 51.6 Å². The summed E-state index contributed by atoms with van der Waals surface area (Å²) in [5.41, 5.74) is 0. The minimum absolute atomic E-state index is 1.47. The van der Waals surface area contributed by atoms with E-state index in [9.17, 15) is 0 Å². The molecule has 0 radical (unpaired) electrons. The predicted molar refractivity (Wildman–Crippen MR) is 17.5 cm³/mol. The Morgan fingerprint density at radius 3 is 1.25 bits per heavy atom. The maximum atomic E-state index is 4.64. The van der Waals surface area contributed by atoms with Crippen molar-refractivity contribution in [3.8, 4) is 0 Å². The van der Waals surface area contributed by atoms with Gasteiger partial charge in [-0.3, -0.25) is 0 Å². The molecule has 0 nitrogen and oxygen atoms in total. The van der Waals surface area contributed by atoms with Crippen LogP contribution in [-0.2, 0) is 15.1 Å². The van der Waals surface area contributed by atoms with Gasteiger partial charge in [0.1, 0.15) is 0 Å². The van der Waals surface area contributed by atoms with Crippen LogP contribution in [0.5, 0.6) is 0 Å². The Balaban J connectivity index is 0. The molecule has 0 atom stereocenters. The third-order valence-corrected chi connectivity index (χ3v) is 0. The van der Waals surface area contributed by atoms with Gasteiger partial charge in [-0.25, -0.2) is 0 Å². The van der Waals surface area contributed by atoms with E-state index in [1.165, 1.54) is 16.7 Å². The first-order valence-electron chi connectivity index (χ1n) is 0.521. The molecule has 0 amide bonds. The van der Waals surface area contributed by atoms with Crippen molar-refractivity contribution in [1.29, 1.82) is 0 Å². The molecule has 0 heterocycles. The van der Waals surface area contributed by atoms with E-state index in [1.54, 1.807) is 0 Å². The summed E-state index contributed by atoms with van der Waals surface area (Å²) in [6, 6.07) is 0. The fourth-order valence-corrected chi connectivity index (χ4v) is 0. The van der Waals surface area contributed by atoms with Gasteiger partial charge < -0.3 is 0 Å². The van der Waals surface area contributed by atoms with Crippen LogP contribution >= 0.6 is 19.9 Å². The van der Waals surface area contributed by atoms with Crippen molar-refractivity contribution < 1.29 is 15.1 Å². The Morgan fingerprint density at radius 2 is 1.25 bits per heavy atom. The fraction of sp³-hybridized carbons (Fsp3) is 0. The standard InChI is InChI=1S/2ClH.Li.Mn/h2*1H;;/q;;2*+1/p-2. The molecule has 4 heavy (non-hydrogen) atoms. The predicted octanol–water partition coefficient (Wildman–Crippen LogP) is 0.996. The van der Waals surface area contributed by atoms with Crippen LogP contribution in [0.25, 0.3) is 0 Å². The van der Waals surface area contributed by atoms with E-state index >= 15 is 0 Å². The molecule has 0 spiro atoms. The van der Waals surface area contributed by atoms with Gasteiger partial charge in [-0.2, -0.15) is 0 Å².